The molecule has 1 saturated heterocycles. The first-order valence-electron chi connectivity index (χ1n) is 7.29. The standard InChI is InChI=1S/C14H15F3N6O2S/c1-7-4-5-19-6-9(7)8-2-3-10(14(15,16)17)12(26(18,24)25)11(8)13-20-22-23-21-13/h2-6,13,20-23H,1H3,(H2,18,24,25). The minimum absolute atomic E-state index is 0.170. The molecule has 1 aliphatic heterocycles. The Morgan fingerprint density at radius 2 is 1.77 bits per heavy atom. The van der Waals surface area contributed by atoms with Crippen LogP contribution in [0.3, 0.4) is 0 Å². The van der Waals surface area contributed by atoms with Crippen molar-refractivity contribution in [3.8, 4) is 11.1 Å². The van der Waals surface area contributed by atoms with Gasteiger partial charge in [-0.1, -0.05) is 6.07 Å². The second kappa shape index (κ2) is 6.57. The number of hydrazine groups is 3. The molecule has 6 N–H and O–H groups in total. The van der Waals surface area contributed by atoms with Crippen LogP contribution in [0.15, 0.2) is 35.5 Å². The molecule has 0 amide bonds. The summed E-state index contributed by atoms with van der Waals surface area (Å²) in [7, 11) is -4.70. The Morgan fingerprint density at radius 1 is 1.12 bits per heavy atom. The molecular weight excluding hydrogens is 373 g/mol. The predicted octanol–water partition coefficient (Wildman–Crippen LogP) is 0.839. The number of rotatable bonds is 3. The number of halogens is 3. The number of nitrogens with one attached hydrogen (secondary N) is 4. The Balaban J connectivity index is 2.42. The van der Waals surface area contributed by atoms with E-state index in [2.05, 4.69) is 26.9 Å². The van der Waals surface area contributed by atoms with Crippen molar-refractivity contribution in [2.45, 2.75) is 24.2 Å². The molecule has 1 aromatic heterocycles. The quantitative estimate of drug-likeness (QED) is 0.528. The van der Waals surface area contributed by atoms with E-state index in [-0.39, 0.29) is 11.1 Å². The van der Waals surface area contributed by atoms with E-state index in [1.807, 2.05) is 0 Å². The van der Waals surface area contributed by atoms with Crippen LogP contribution in [-0.4, -0.2) is 13.4 Å². The predicted molar refractivity (Wildman–Crippen MR) is 86.1 cm³/mol. The second-order valence-corrected chi connectivity index (χ2v) is 7.11. The lowest BCUT2D eigenvalue weighted by Crippen LogP contribution is -2.33. The molecule has 26 heavy (non-hydrogen) atoms. The van der Waals surface area contributed by atoms with Gasteiger partial charge in [-0.2, -0.15) is 24.2 Å². The molecule has 0 radical (unpaired) electrons. The maximum atomic E-state index is 13.5. The van der Waals surface area contributed by atoms with Crippen LogP contribution in [0.5, 0.6) is 0 Å². The van der Waals surface area contributed by atoms with E-state index in [1.54, 1.807) is 13.0 Å². The Labute approximate surface area is 147 Å². The van der Waals surface area contributed by atoms with Crippen LogP contribution in [0, 0.1) is 6.92 Å². The fourth-order valence-electron chi connectivity index (χ4n) is 2.79. The number of primary sulfonamides is 1. The number of nitrogens with zero attached hydrogens (tertiary/aromatic N) is 1. The van der Waals surface area contributed by atoms with E-state index in [4.69, 9.17) is 5.14 Å². The van der Waals surface area contributed by atoms with Crippen molar-refractivity contribution >= 4 is 10.0 Å². The maximum Gasteiger partial charge on any atom is 0.417 e. The first-order chi connectivity index (χ1) is 12.1. The van der Waals surface area contributed by atoms with Crippen molar-refractivity contribution in [1.82, 2.24) is 26.9 Å². The molecule has 2 heterocycles. The number of benzene rings is 1. The summed E-state index contributed by atoms with van der Waals surface area (Å²) in [5.41, 5.74) is 10.1. The SMILES string of the molecule is Cc1ccncc1-c1ccc(C(F)(F)F)c(S(N)(=O)=O)c1C1NNNN1. The van der Waals surface area contributed by atoms with E-state index in [0.717, 1.165) is 0 Å². The molecular formula is C14H15F3N6O2S. The van der Waals surface area contributed by atoms with Gasteiger partial charge in [0.05, 0.1) is 5.56 Å². The second-order valence-electron chi connectivity index (χ2n) is 5.61. The van der Waals surface area contributed by atoms with Crippen molar-refractivity contribution in [1.29, 1.82) is 0 Å². The molecule has 0 aliphatic carbocycles. The molecule has 1 aliphatic rings. The van der Waals surface area contributed by atoms with E-state index >= 15 is 0 Å². The first-order valence-corrected chi connectivity index (χ1v) is 8.84. The minimum Gasteiger partial charge on any atom is -0.264 e. The van der Waals surface area contributed by atoms with E-state index < -0.39 is 32.8 Å². The summed E-state index contributed by atoms with van der Waals surface area (Å²) < 4.78 is 64.6. The monoisotopic (exact) mass is 388 g/mol. The van der Waals surface area contributed by atoms with Crippen LogP contribution >= 0.6 is 0 Å². The van der Waals surface area contributed by atoms with Crippen LogP contribution in [-0.2, 0) is 16.2 Å². The summed E-state index contributed by atoms with van der Waals surface area (Å²) in [5.74, 6) is 0. The Kier molecular flexibility index (Phi) is 4.72. The lowest BCUT2D eigenvalue weighted by atomic mass is 9.94. The van der Waals surface area contributed by atoms with Gasteiger partial charge in [-0.25, -0.2) is 24.4 Å². The number of sulfonamides is 1. The number of nitrogens with two attached hydrogens (primary N) is 1. The van der Waals surface area contributed by atoms with Gasteiger partial charge in [-0.05, 0) is 30.2 Å². The number of hydrogen-bond donors (Lipinski definition) is 5. The molecule has 2 aromatic rings. The number of pyridine rings is 1. The van der Waals surface area contributed by atoms with Crippen molar-refractivity contribution in [3.05, 3.63) is 47.3 Å². The zero-order chi connectivity index (χ0) is 19.1. The summed E-state index contributed by atoms with van der Waals surface area (Å²) in [4.78, 5) is 2.98. The number of aromatic nitrogens is 1. The minimum atomic E-state index is -4.90. The van der Waals surface area contributed by atoms with Gasteiger partial charge in [-0.3, -0.25) is 4.98 Å². The fraction of sp³-hybridized carbons (Fsp3) is 0.214. The van der Waals surface area contributed by atoms with Crippen molar-refractivity contribution in [2.24, 2.45) is 5.14 Å². The van der Waals surface area contributed by atoms with Gasteiger partial charge in [-0.15, -0.1) is 0 Å². The molecule has 140 valence electrons. The zero-order valence-electron chi connectivity index (χ0n) is 13.3. The average molecular weight is 388 g/mol. The topological polar surface area (TPSA) is 121 Å². The summed E-state index contributed by atoms with van der Waals surface area (Å²) >= 11 is 0. The first kappa shape index (κ1) is 18.7. The van der Waals surface area contributed by atoms with Crippen LogP contribution < -0.4 is 27.1 Å². The number of hydrogen-bond acceptors (Lipinski definition) is 7. The number of aryl methyl sites for hydroxylation is 1. The highest BCUT2D eigenvalue weighted by atomic mass is 32.2. The summed E-state index contributed by atoms with van der Waals surface area (Å²) in [5, 5.41) is 5.17. The molecule has 0 spiro atoms. The lowest BCUT2D eigenvalue weighted by Gasteiger charge is -2.23. The summed E-state index contributed by atoms with van der Waals surface area (Å²) in [6, 6.07) is 3.58. The van der Waals surface area contributed by atoms with Crippen LogP contribution in [0.1, 0.15) is 22.9 Å². The number of alkyl halides is 3. The highest BCUT2D eigenvalue weighted by Crippen LogP contribution is 2.41. The molecule has 8 nitrogen and oxygen atoms in total. The van der Waals surface area contributed by atoms with Gasteiger partial charge in [0.1, 0.15) is 11.1 Å². The third-order valence-corrected chi connectivity index (χ3v) is 4.91. The molecule has 0 bridgehead atoms. The summed E-state index contributed by atoms with van der Waals surface area (Å²) in [6.07, 6.45) is -2.93. The largest absolute Gasteiger partial charge is 0.417 e. The van der Waals surface area contributed by atoms with Crippen molar-refractivity contribution in [3.63, 3.8) is 0 Å². The molecule has 1 aromatic carbocycles. The zero-order valence-corrected chi connectivity index (χ0v) is 14.2. The summed E-state index contributed by atoms with van der Waals surface area (Å²) in [6.45, 7) is 1.74. The maximum absolute atomic E-state index is 13.5. The van der Waals surface area contributed by atoms with E-state index in [0.29, 0.717) is 17.2 Å². The van der Waals surface area contributed by atoms with Gasteiger partial charge >= 0.3 is 6.18 Å². The smallest absolute Gasteiger partial charge is 0.264 e. The van der Waals surface area contributed by atoms with E-state index in [9.17, 15) is 21.6 Å². The molecule has 0 unspecified atom stereocenters. The molecule has 3 rings (SSSR count). The highest BCUT2D eigenvalue weighted by molar-refractivity contribution is 7.89. The Bertz CT molecular complexity index is 942. The van der Waals surface area contributed by atoms with E-state index in [1.165, 1.54) is 18.5 Å². The van der Waals surface area contributed by atoms with Crippen LogP contribution in [0.25, 0.3) is 11.1 Å². The molecule has 0 saturated carbocycles. The van der Waals surface area contributed by atoms with Gasteiger partial charge < -0.3 is 0 Å². The third kappa shape index (κ3) is 3.42. The van der Waals surface area contributed by atoms with Gasteiger partial charge in [0.25, 0.3) is 0 Å². The normalized spacial score (nSPS) is 16.2. The van der Waals surface area contributed by atoms with Gasteiger partial charge in [0.2, 0.25) is 10.0 Å². The lowest BCUT2D eigenvalue weighted by molar-refractivity contribution is -0.140. The molecule has 1 fully saturated rings. The van der Waals surface area contributed by atoms with Crippen LogP contribution in [0.4, 0.5) is 13.2 Å². The highest BCUT2D eigenvalue weighted by Gasteiger charge is 2.40. The Hall–Kier alpha value is -2.09. The van der Waals surface area contributed by atoms with Crippen molar-refractivity contribution in [2.75, 3.05) is 0 Å². The van der Waals surface area contributed by atoms with Crippen molar-refractivity contribution < 1.29 is 21.6 Å². The van der Waals surface area contributed by atoms with Crippen LogP contribution in [0.2, 0.25) is 0 Å². The third-order valence-electron chi connectivity index (χ3n) is 3.90. The van der Waals surface area contributed by atoms with Gasteiger partial charge in [0.15, 0.2) is 0 Å². The fourth-order valence-corrected chi connectivity index (χ4v) is 3.82. The average Bonchev–Trinajstić information content (AvgIpc) is 3.06. The molecule has 0 atom stereocenters. The molecule has 12 heteroatoms. The van der Waals surface area contributed by atoms with Gasteiger partial charge in [0, 0.05) is 23.5 Å². The Morgan fingerprint density at radius 3 is 2.31 bits per heavy atom.